The van der Waals surface area contributed by atoms with E-state index in [9.17, 15) is 0 Å². The first kappa shape index (κ1) is 16.4. The van der Waals surface area contributed by atoms with Crippen molar-refractivity contribution in [2.75, 3.05) is 58.1 Å². The standard InChI is InChI=1S/C12H24N6O2/c1-4-7-20-12-16-10(13)15-11(17-12)14-5-8-19-9-6-18(2)3/h4-9H2,1-3H3,(H3,13,14,15,16,17). The Bertz CT molecular complexity index is 388. The zero-order valence-electron chi connectivity index (χ0n) is 12.4. The number of nitrogens with two attached hydrogens (primary N) is 1. The minimum atomic E-state index is 0.141. The van der Waals surface area contributed by atoms with Gasteiger partial charge in [0, 0.05) is 13.1 Å². The van der Waals surface area contributed by atoms with E-state index in [2.05, 4.69) is 25.2 Å². The fourth-order valence-electron chi connectivity index (χ4n) is 1.29. The third-order valence-electron chi connectivity index (χ3n) is 2.28. The van der Waals surface area contributed by atoms with Gasteiger partial charge < -0.3 is 25.4 Å². The molecule has 0 aliphatic carbocycles. The van der Waals surface area contributed by atoms with E-state index in [0.717, 1.165) is 13.0 Å². The van der Waals surface area contributed by atoms with Gasteiger partial charge in [-0.05, 0) is 20.5 Å². The number of hydrogen-bond acceptors (Lipinski definition) is 8. The lowest BCUT2D eigenvalue weighted by Crippen LogP contribution is -2.20. The molecule has 0 aliphatic rings. The second-order valence-corrected chi connectivity index (χ2v) is 4.49. The Morgan fingerprint density at radius 1 is 1.15 bits per heavy atom. The van der Waals surface area contributed by atoms with Crippen LogP contribution >= 0.6 is 0 Å². The maximum absolute atomic E-state index is 5.60. The zero-order chi connectivity index (χ0) is 14.8. The predicted molar refractivity (Wildman–Crippen MR) is 77.9 cm³/mol. The van der Waals surface area contributed by atoms with Gasteiger partial charge in [-0.15, -0.1) is 0 Å². The van der Waals surface area contributed by atoms with Gasteiger partial charge in [-0.1, -0.05) is 6.92 Å². The van der Waals surface area contributed by atoms with Crippen LogP contribution in [0.1, 0.15) is 13.3 Å². The van der Waals surface area contributed by atoms with Gasteiger partial charge in [-0.2, -0.15) is 15.0 Å². The summed E-state index contributed by atoms with van der Waals surface area (Å²) in [6.07, 6.45) is 0.883. The highest BCUT2D eigenvalue weighted by Gasteiger charge is 2.04. The van der Waals surface area contributed by atoms with Crippen molar-refractivity contribution in [3.05, 3.63) is 0 Å². The Morgan fingerprint density at radius 2 is 1.95 bits per heavy atom. The number of ether oxygens (including phenoxy) is 2. The molecule has 114 valence electrons. The van der Waals surface area contributed by atoms with E-state index >= 15 is 0 Å². The Hall–Kier alpha value is -1.67. The summed E-state index contributed by atoms with van der Waals surface area (Å²) < 4.78 is 10.8. The van der Waals surface area contributed by atoms with Crippen molar-refractivity contribution in [1.82, 2.24) is 19.9 Å². The Morgan fingerprint density at radius 3 is 2.65 bits per heavy atom. The zero-order valence-corrected chi connectivity index (χ0v) is 12.4. The van der Waals surface area contributed by atoms with Crippen molar-refractivity contribution < 1.29 is 9.47 Å². The van der Waals surface area contributed by atoms with Crippen molar-refractivity contribution >= 4 is 11.9 Å². The maximum Gasteiger partial charge on any atom is 0.323 e. The predicted octanol–water partition coefficient (Wildman–Crippen LogP) is 0.233. The van der Waals surface area contributed by atoms with E-state index in [1.54, 1.807) is 0 Å². The smallest absolute Gasteiger partial charge is 0.323 e. The molecule has 1 aromatic rings. The van der Waals surface area contributed by atoms with Crippen LogP contribution in [0.2, 0.25) is 0 Å². The Kier molecular flexibility index (Phi) is 7.59. The quantitative estimate of drug-likeness (QED) is 0.589. The SMILES string of the molecule is CCCOc1nc(N)nc(NCCOCCN(C)C)n1. The Balaban J connectivity index is 2.30. The first-order valence-corrected chi connectivity index (χ1v) is 6.72. The molecule has 0 unspecified atom stereocenters. The van der Waals surface area contributed by atoms with Crippen molar-refractivity contribution in [1.29, 1.82) is 0 Å². The molecule has 1 aromatic heterocycles. The fraction of sp³-hybridized carbons (Fsp3) is 0.750. The molecule has 0 fully saturated rings. The molecular weight excluding hydrogens is 260 g/mol. The third-order valence-corrected chi connectivity index (χ3v) is 2.28. The van der Waals surface area contributed by atoms with Gasteiger partial charge in [0.15, 0.2) is 0 Å². The summed E-state index contributed by atoms with van der Waals surface area (Å²) >= 11 is 0. The van der Waals surface area contributed by atoms with Crippen molar-refractivity contribution in [2.24, 2.45) is 0 Å². The first-order chi connectivity index (χ1) is 9.61. The number of nitrogens with zero attached hydrogens (tertiary/aromatic N) is 4. The number of nitrogens with one attached hydrogen (secondary N) is 1. The molecule has 8 nitrogen and oxygen atoms in total. The number of aromatic nitrogens is 3. The summed E-state index contributed by atoms with van der Waals surface area (Å²) in [4.78, 5) is 14.1. The van der Waals surface area contributed by atoms with E-state index in [-0.39, 0.29) is 12.0 Å². The maximum atomic E-state index is 5.60. The first-order valence-electron chi connectivity index (χ1n) is 6.72. The highest BCUT2D eigenvalue weighted by molar-refractivity contribution is 5.32. The normalized spacial score (nSPS) is 10.8. The number of likely N-dealkylation sites (N-methyl/N-ethyl adjacent to an activating group) is 1. The van der Waals surface area contributed by atoms with Crippen LogP contribution in [-0.2, 0) is 4.74 Å². The lowest BCUT2D eigenvalue weighted by atomic mass is 10.5. The molecule has 1 heterocycles. The van der Waals surface area contributed by atoms with Gasteiger partial charge in [0.25, 0.3) is 0 Å². The molecule has 0 spiro atoms. The molecule has 3 N–H and O–H groups in total. The van der Waals surface area contributed by atoms with Crippen LogP contribution in [0.15, 0.2) is 0 Å². The number of anilines is 2. The lowest BCUT2D eigenvalue weighted by molar-refractivity contribution is 0.126. The van der Waals surface area contributed by atoms with Gasteiger partial charge in [0.2, 0.25) is 11.9 Å². The molecule has 0 atom stereocenters. The van der Waals surface area contributed by atoms with Crippen LogP contribution in [0.25, 0.3) is 0 Å². The van der Waals surface area contributed by atoms with E-state index in [1.165, 1.54) is 0 Å². The molecule has 0 aromatic carbocycles. The van der Waals surface area contributed by atoms with E-state index in [0.29, 0.717) is 32.3 Å². The van der Waals surface area contributed by atoms with Crippen molar-refractivity contribution in [2.45, 2.75) is 13.3 Å². The highest BCUT2D eigenvalue weighted by atomic mass is 16.5. The topological polar surface area (TPSA) is 98.4 Å². The molecule has 0 amide bonds. The summed E-state index contributed by atoms with van der Waals surface area (Å²) in [6, 6.07) is 0.246. The minimum Gasteiger partial charge on any atom is -0.463 e. The third kappa shape index (κ3) is 7.05. The van der Waals surface area contributed by atoms with Crippen LogP contribution in [-0.4, -0.2) is 66.9 Å². The van der Waals surface area contributed by atoms with Crippen molar-refractivity contribution in [3.8, 4) is 6.01 Å². The average Bonchev–Trinajstić information content (AvgIpc) is 2.39. The van der Waals surface area contributed by atoms with Crippen molar-refractivity contribution in [3.63, 3.8) is 0 Å². The number of nitrogen functional groups attached to an aromatic ring is 1. The molecule has 1 rings (SSSR count). The summed E-state index contributed by atoms with van der Waals surface area (Å²) in [5.41, 5.74) is 5.60. The lowest BCUT2D eigenvalue weighted by Gasteiger charge is -2.10. The van der Waals surface area contributed by atoms with E-state index in [1.807, 2.05) is 21.0 Å². The molecule has 0 aliphatic heterocycles. The molecule has 0 bridgehead atoms. The van der Waals surface area contributed by atoms with Gasteiger partial charge in [-0.3, -0.25) is 0 Å². The van der Waals surface area contributed by atoms with Gasteiger partial charge in [0.1, 0.15) is 0 Å². The van der Waals surface area contributed by atoms with Crippen LogP contribution < -0.4 is 15.8 Å². The summed E-state index contributed by atoms with van der Waals surface area (Å²) in [5, 5.41) is 3.03. The fourth-order valence-corrected chi connectivity index (χ4v) is 1.29. The van der Waals surface area contributed by atoms with Crippen LogP contribution in [0.3, 0.4) is 0 Å². The highest BCUT2D eigenvalue weighted by Crippen LogP contribution is 2.08. The number of rotatable bonds is 10. The molecular formula is C12H24N6O2. The molecule has 0 saturated heterocycles. The summed E-state index contributed by atoms with van der Waals surface area (Å²) in [5.74, 6) is 0.543. The van der Waals surface area contributed by atoms with E-state index < -0.39 is 0 Å². The molecule has 8 heteroatoms. The monoisotopic (exact) mass is 284 g/mol. The van der Waals surface area contributed by atoms with Crippen LogP contribution in [0, 0.1) is 0 Å². The van der Waals surface area contributed by atoms with Gasteiger partial charge in [-0.25, -0.2) is 0 Å². The molecule has 20 heavy (non-hydrogen) atoms. The van der Waals surface area contributed by atoms with Gasteiger partial charge >= 0.3 is 6.01 Å². The minimum absolute atomic E-state index is 0.141. The Labute approximate surface area is 119 Å². The van der Waals surface area contributed by atoms with Gasteiger partial charge in [0.05, 0.1) is 19.8 Å². The second kappa shape index (κ2) is 9.27. The van der Waals surface area contributed by atoms with Crippen LogP contribution in [0.4, 0.5) is 11.9 Å². The van der Waals surface area contributed by atoms with E-state index in [4.69, 9.17) is 15.2 Å². The summed E-state index contributed by atoms with van der Waals surface area (Å²) in [7, 11) is 4.01. The second-order valence-electron chi connectivity index (χ2n) is 4.49. The number of hydrogen-bond donors (Lipinski definition) is 2. The largest absolute Gasteiger partial charge is 0.463 e. The summed E-state index contributed by atoms with van der Waals surface area (Å²) in [6.45, 7) is 5.33. The molecule has 0 saturated carbocycles. The van der Waals surface area contributed by atoms with Crippen LogP contribution in [0.5, 0.6) is 6.01 Å². The molecule has 0 radical (unpaired) electrons. The average molecular weight is 284 g/mol.